The highest BCUT2D eigenvalue weighted by atomic mass is 35.5. The molecule has 0 saturated carbocycles. The van der Waals surface area contributed by atoms with Crippen LogP contribution in [0.25, 0.3) is 0 Å². The molecule has 0 atom stereocenters. The molecule has 3 nitrogen and oxygen atoms in total. The Hall–Kier alpha value is -2.93. The summed E-state index contributed by atoms with van der Waals surface area (Å²) in [5.41, 5.74) is 2.94. The van der Waals surface area contributed by atoms with Crippen LogP contribution in [0.3, 0.4) is 0 Å². The van der Waals surface area contributed by atoms with Crippen molar-refractivity contribution in [3.8, 4) is 17.2 Å². The highest BCUT2D eigenvalue weighted by molar-refractivity contribution is 6.31. The lowest BCUT2D eigenvalue weighted by Crippen LogP contribution is -2.08. The van der Waals surface area contributed by atoms with Crippen LogP contribution < -0.4 is 14.2 Å². The van der Waals surface area contributed by atoms with Gasteiger partial charge in [-0.3, -0.25) is 0 Å². The van der Waals surface area contributed by atoms with Crippen LogP contribution in [0.4, 0.5) is 17.6 Å². The minimum Gasteiger partial charge on any atom is -0.491 e. The van der Waals surface area contributed by atoms with E-state index in [9.17, 15) is 17.6 Å². The fourth-order valence-electron chi connectivity index (χ4n) is 4.17. The molecule has 0 unspecified atom stereocenters. The van der Waals surface area contributed by atoms with Crippen molar-refractivity contribution in [1.82, 2.24) is 0 Å². The zero-order valence-electron chi connectivity index (χ0n) is 29.0. The van der Waals surface area contributed by atoms with Crippen molar-refractivity contribution in [3.63, 3.8) is 0 Å². The molecular weight excluding hydrogens is 604 g/mol. The zero-order chi connectivity index (χ0) is 34.8. The Morgan fingerprint density at radius 3 is 1.18 bits per heavy atom. The summed E-state index contributed by atoms with van der Waals surface area (Å²) in [7, 11) is 0. The van der Waals surface area contributed by atoms with Gasteiger partial charge in [0.25, 0.3) is 0 Å². The second kappa shape index (κ2) is 18.3. The molecule has 0 aliphatic heterocycles. The minimum atomic E-state index is -0.506. The summed E-state index contributed by atoms with van der Waals surface area (Å²) in [6.45, 7) is 24.6. The predicted molar refractivity (Wildman–Crippen MR) is 178 cm³/mol. The normalized spacial score (nSPS) is 11.2. The van der Waals surface area contributed by atoms with Gasteiger partial charge in [0.2, 0.25) is 0 Å². The summed E-state index contributed by atoms with van der Waals surface area (Å²) >= 11 is 6.03. The Kier molecular flexibility index (Phi) is 16.3. The molecule has 0 heterocycles. The summed E-state index contributed by atoms with van der Waals surface area (Å²) in [6, 6.07) is 8.68. The number of rotatable bonds is 9. The van der Waals surface area contributed by atoms with E-state index in [1.165, 1.54) is 18.2 Å². The summed E-state index contributed by atoms with van der Waals surface area (Å²) in [5, 5.41) is 0.557. The van der Waals surface area contributed by atoms with E-state index >= 15 is 0 Å². The Bertz CT molecular complexity index is 1200. The van der Waals surface area contributed by atoms with E-state index in [4.69, 9.17) is 25.8 Å². The van der Waals surface area contributed by atoms with E-state index in [2.05, 4.69) is 0 Å². The maximum absolute atomic E-state index is 13.7. The molecule has 0 radical (unpaired) electrons. The fraction of sp³-hybridized carbons (Fsp3) is 0.514. The van der Waals surface area contributed by atoms with Crippen LogP contribution in [0.15, 0.2) is 36.4 Å². The molecule has 0 N–H and O–H groups in total. The Labute approximate surface area is 273 Å². The van der Waals surface area contributed by atoms with E-state index in [0.29, 0.717) is 16.3 Å². The van der Waals surface area contributed by atoms with Crippen molar-refractivity contribution in [2.45, 2.75) is 126 Å². The van der Waals surface area contributed by atoms with Crippen molar-refractivity contribution < 1.29 is 31.8 Å². The van der Waals surface area contributed by atoms with Gasteiger partial charge in [-0.15, -0.1) is 0 Å². The average Bonchev–Trinajstić information content (AvgIpc) is 2.89. The molecule has 3 aromatic carbocycles. The predicted octanol–water partition coefficient (Wildman–Crippen LogP) is 12.3. The number of aryl methyl sites for hydroxylation is 1. The van der Waals surface area contributed by atoms with Gasteiger partial charge >= 0.3 is 0 Å². The van der Waals surface area contributed by atoms with Crippen LogP contribution in [0.5, 0.6) is 17.2 Å². The van der Waals surface area contributed by atoms with E-state index in [1.54, 1.807) is 19.9 Å². The molecule has 0 aliphatic rings. The fourth-order valence-corrected chi connectivity index (χ4v) is 4.54. The molecule has 0 amide bonds. The van der Waals surface area contributed by atoms with Gasteiger partial charge < -0.3 is 14.2 Å². The number of hydrogen-bond acceptors (Lipinski definition) is 3. The Balaban J connectivity index is 0.000000337. The van der Waals surface area contributed by atoms with Crippen molar-refractivity contribution >= 4 is 11.6 Å². The van der Waals surface area contributed by atoms with Crippen LogP contribution in [-0.2, 0) is 0 Å². The van der Waals surface area contributed by atoms with Gasteiger partial charge in [0.15, 0.2) is 23.1 Å². The van der Waals surface area contributed by atoms with Crippen molar-refractivity contribution in [2.24, 2.45) is 0 Å². The number of hydrogen-bond donors (Lipinski definition) is 0. The molecule has 0 aromatic heterocycles. The van der Waals surface area contributed by atoms with Crippen LogP contribution in [0, 0.1) is 30.2 Å². The van der Waals surface area contributed by atoms with Crippen LogP contribution >= 0.6 is 11.6 Å². The van der Waals surface area contributed by atoms with Gasteiger partial charge in [0.1, 0.15) is 17.4 Å². The van der Waals surface area contributed by atoms with E-state index in [-0.39, 0.29) is 59.2 Å². The lowest BCUT2D eigenvalue weighted by Gasteiger charge is -2.15. The molecular formula is C37H51ClF4O3. The molecule has 0 fully saturated rings. The molecule has 0 spiro atoms. The first-order valence-electron chi connectivity index (χ1n) is 15.5. The van der Waals surface area contributed by atoms with E-state index in [1.807, 2.05) is 82.2 Å². The summed E-state index contributed by atoms with van der Waals surface area (Å²) in [5.74, 6) is -0.221. The molecule has 3 aromatic rings. The first kappa shape index (κ1) is 40.1. The summed E-state index contributed by atoms with van der Waals surface area (Å²) in [6.07, 6.45) is -0.141. The van der Waals surface area contributed by atoms with Gasteiger partial charge in [-0.05, 0) is 107 Å². The number of benzene rings is 3. The largest absolute Gasteiger partial charge is 0.491 e. The van der Waals surface area contributed by atoms with Crippen molar-refractivity contribution in [2.75, 3.05) is 0 Å². The average molecular weight is 655 g/mol. The molecule has 45 heavy (non-hydrogen) atoms. The molecule has 3 rings (SSSR count). The monoisotopic (exact) mass is 654 g/mol. The maximum Gasteiger partial charge on any atom is 0.165 e. The van der Waals surface area contributed by atoms with Crippen LogP contribution in [-0.4, -0.2) is 18.3 Å². The number of halogens is 5. The van der Waals surface area contributed by atoms with Gasteiger partial charge in [0.05, 0.1) is 18.3 Å². The number of ether oxygens (including phenoxy) is 3. The van der Waals surface area contributed by atoms with Gasteiger partial charge in [0, 0.05) is 23.2 Å². The lowest BCUT2D eigenvalue weighted by molar-refractivity contribution is 0.229. The van der Waals surface area contributed by atoms with Crippen LogP contribution in [0.1, 0.15) is 123 Å². The van der Waals surface area contributed by atoms with Crippen molar-refractivity contribution in [3.05, 3.63) is 86.9 Å². The molecule has 0 aliphatic carbocycles. The third-order valence-electron chi connectivity index (χ3n) is 6.35. The Morgan fingerprint density at radius 2 is 0.778 bits per heavy atom. The van der Waals surface area contributed by atoms with Gasteiger partial charge in [-0.1, -0.05) is 53.1 Å². The highest BCUT2D eigenvalue weighted by Gasteiger charge is 2.15. The van der Waals surface area contributed by atoms with Gasteiger partial charge in [-0.25, -0.2) is 17.6 Å². The quantitative estimate of drug-likeness (QED) is 0.215. The summed E-state index contributed by atoms with van der Waals surface area (Å²) < 4.78 is 70.1. The third-order valence-corrected chi connectivity index (χ3v) is 6.68. The molecule has 8 heteroatoms. The molecule has 252 valence electrons. The van der Waals surface area contributed by atoms with E-state index < -0.39 is 11.6 Å². The first-order valence-corrected chi connectivity index (χ1v) is 15.9. The van der Waals surface area contributed by atoms with Crippen LogP contribution in [0.2, 0.25) is 5.02 Å². The SMILES string of the molecule is CC(C)Oc1cc(Cl)c(C(C)C)cc1F.CC(C)Oc1cc(F)c(C(C)C)cc1F.Cc1cc(C(C)C)c(F)cc1OC(C)C. The minimum absolute atomic E-state index is 0.0214. The van der Waals surface area contributed by atoms with Gasteiger partial charge in [-0.2, -0.15) is 0 Å². The standard InChI is InChI=1S/C13H19FO.C12H16ClFO.C12H16F2O/c1-8(2)11-6-10(5)13(7-12(11)14)15-9(3)4;2*1-7(2)9-5-11(14)12(6-10(9)13)15-8(3)4/h6-9H,1-5H3;2*5-8H,1-4H3. The smallest absolute Gasteiger partial charge is 0.165 e. The van der Waals surface area contributed by atoms with Crippen molar-refractivity contribution in [1.29, 1.82) is 0 Å². The highest BCUT2D eigenvalue weighted by Crippen LogP contribution is 2.32. The van der Waals surface area contributed by atoms with E-state index in [0.717, 1.165) is 22.8 Å². The topological polar surface area (TPSA) is 27.7 Å². The maximum atomic E-state index is 13.7. The summed E-state index contributed by atoms with van der Waals surface area (Å²) in [4.78, 5) is 0. The lowest BCUT2D eigenvalue weighted by atomic mass is 10.00. The second-order valence-electron chi connectivity index (χ2n) is 12.7. The Morgan fingerprint density at radius 1 is 0.444 bits per heavy atom. The second-order valence-corrected chi connectivity index (χ2v) is 13.1. The third kappa shape index (κ3) is 13.1. The zero-order valence-corrected chi connectivity index (χ0v) is 29.8. The first-order chi connectivity index (χ1) is 20.7. The molecule has 0 bridgehead atoms. The molecule has 0 saturated heterocycles.